The number of carboxylic acid groups (broad SMARTS) is 1. The molecule has 2 rings (SSSR count). The average Bonchev–Trinajstić information content (AvgIpc) is 2.80. The van der Waals surface area contributed by atoms with Gasteiger partial charge in [-0.25, -0.2) is 9.59 Å². The summed E-state index contributed by atoms with van der Waals surface area (Å²) in [6.07, 6.45) is 0. The second kappa shape index (κ2) is 6.04. The minimum Gasteiger partial charge on any atom is -0.480 e. The number of primary amides is 1. The zero-order chi connectivity index (χ0) is 15.6. The molecule has 3 amide bonds. The SMILES string of the molecule is CC1SCC(C(=O)O)N1C(=O)c1ccc(NC(N)=O)cc1. The Hall–Kier alpha value is -2.22. The lowest BCUT2D eigenvalue weighted by atomic mass is 10.1. The second-order valence-corrected chi connectivity index (χ2v) is 5.91. The van der Waals surface area contributed by atoms with E-state index in [1.165, 1.54) is 28.8 Å². The molecule has 112 valence electrons. The monoisotopic (exact) mass is 309 g/mol. The van der Waals surface area contributed by atoms with Crippen molar-refractivity contribution < 1.29 is 19.5 Å². The fraction of sp³-hybridized carbons (Fsp3) is 0.308. The quantitative estimate of drug-likeness (QED) is 0.775. The van der Waals surface area contributed by atoms with Crippen LogP contribution in [0.5, 0.6) is 0 Å². The lowest BCUT2D eigenvalue weighted by molar-refractivity contribution is -0.141. The van der Waals surface area contributed by atoms with Gasteiger partial charge < -0.3 is 21.1 Å². The molecule has 1 saturated heterocycles. The first kappa shape index (κ1) is 15.2. The van der Waals surface area contributed by atoms with E-state index in [0.29, 0.717) is 17.0 Å². The van der Waals surface area contributed by atoms with Gasteiger partial charge in [-0.1, -0.05) is 0 Å². The van der Waals surface area contributed by atoms with E-state index in [1.54, 1.807) is 19.1 Å². The maximum Gasteiger partial charge on any atom is 0.327 e. The second-order valence-electron chi connectivity index (χ2n) is 4.57. The Kier molecular flexibility index (Phi) is 4.37. The number of aliphatic carboxylic acids is 1. The topological polar surface area (TPSA) is 113 Å². The van der Waals surface area contributed by atoms with Crippen molar-refractivity contribution in [1.29, 1.82) is 0 Å². The van der Waals surface area contributed by atoms with Gasteiger partial charge >= 0.3 is 12.0 Å². The highest BCUT2D eigenvalue weighted by molar-refractivity contribution is 8.00. The summed E-state index contributed by atoms with van der Waals surface area (Å²) >= 11 is 1.43. The highest BCUT2D eigenvalue weighted by Gasteiger charge is 2.39. The zero-order valence-corrected chi connectivity index (χ0v) is 12.1. The van der Waals surface area contributed by atoms with Gasteiger partial charge in [-0.05, 0) is 31.2 Å². The number of rotatable bonds is 3. The molecular formula is C13H15N3O4S. The maximum absolute atomic E-state index is 12.4. The third-order valence-electron chi connectivity index (χ3n) is 3.14. The number of urea groups is 1. The molecule has 0 aromatic heterocycles. The van der Waals surface area contributed by atoms with Gasteiger partial charge in [-0.3, -0.25) is 4.79 Å². The first-order valence-electron chi connectivity index (χ1n) is 6.23. The molecule has 8 heteroatoms. The van der Waals surface area contributed by atoms with Crippen molar-refractivity contribution >= 4 is 35.4 Å². The number of hydrogen-bond donors (Lipinski definition) is 3. The van der Waals surface area contributed by atoms with Gasteiger partial charge in [-0.2, -0.15) is 0 Å². The number of carbonyl (C=O) groups is 3. The highest BCUT2D eigenvalue weighted by atomic mass is 32.2. The fourth-order valence-corrected chi connectivity index (χ4v) is 3.30. The summed E-state index contributed by atoms with van der Waals surface area (Å²) in [7, 11) is 0. The Morgan fingerprint density at radius 1 is 1.33 bits per heavy atom. The molecule has 1 aliphatic rings. The minimum atomic E-state index is -1.01. The molecule has 1 aromatic carbocycles. The highest BCUT2D eigenvalue weighted by Crippen LogP contribution is 2.30. The Morgan fingerprint density at radius 3 is 2.48 bits per heavy atom. The summed E-state index contributed by atoms with van der Waals surface area (Å²) in [6, 6.07) is 4.64. The van der Waals surface area contributed by atoms with Crippen LogP contribution in [0.1, 0.15) is 17.3 Å². The van der Waals surface area contributed by atoms with Crippen LogP contribution in [0.15, 0.2) is 24.3 Å². The van der Waals surface area contributed by atoms with Crippen LogP contribution in [0.3, 0.4) is 0 Å². The molecule has 1 heterocycles. The standard InChI is InChI=1S/C13H15N3O4S/c1-7-16(10(6-21-7)12(18)19)11(17)8-2-4-9(5-3-8)15-13(14)20/h2-5,7,10H,6H2,1H3,(H,18,19)(H3,14,15,20). The van der Waals surface area contributed by atoms with E-state index in [9.17, 15) is 19.5 Å². The van der Waals surface area contributed by atoms with Gasteiger partial charge in [0.1, 0.15) is 6.04 Å². The van der Waals surface area contributed by atoms with Crippen molar-refractivity contribution in [1.82, 2.24) is 4.90 Å². The first-order chi connectivity index (χ1) is 9.90. The van der Waals surface area contributed by atoms with Crippen LogP contribution in [0.2, 0.25) is 0 Å². The van der Waals surface area contributed by atoms with Crippen molar-refractivity contribution in [2.45, 2.75) is 18.3 Å². The van der Waals surface area contributed by atoms with Crippen molar-refractivity contribution in [3.8, 4) is 0 Å². The van der Waals surface area contributed by atoms with Gasteiger partial charge in [0, 0.05) is 17.0 Å². The molecular weight excluding hydrogens is 294 g/mol. The molecule has 0 saturated carbocycles. The molecule has 2 atom stereocenters. The minimum absolute atomic E-state index is 0.193. The number of benzene rings is 1. The smallest absolute Gasteiger partial charge is 0.327 e. The van der Waals surface area contributed by atoms with Crippen LogP contribution in [0, 0.1) is 0 Å². The Bertz CT molecular complexity index is 575. The summed E-state index contributed by atoms with van der Waals surface area (Å²) in [6.45, 7) is 1.80. The number of amides is 3. The Balaban J connectivity index is 2.19. The van der Waals surface area contributed by atoms with Gasteiger partial charge in [0.25, 0.3) is 5.91 Å². The molecule has 0 radical (unpaired) electrons. The number of hydrogen-bond acceptors (Lipinski definition) is 4. The Morgan fingerprint density at radius 2 is 1.95 bits per heavy atom. The molecule has 0 spiro atoms. The molecule has 7 nitrogen and oxygen atoms in total. The van der Waals surface area contributed by atoms with Gasteiger partial charge in [0.05, 0.1) is 5.37 Å². The number of nitrogens with zero attached hydrogens (tertiary/aromatic N) is 1. The van der Waals surface area contributed by atoms with Crippen LogP contribution >= 0.6 is 11.8 Å². The number of anilines is 1. The van der Waals surface area contributed by atoms with E-state index in [1.807, 2.05) is 0 Å². The fourth-order valence-electron chi connectivity index (χ4n) is 2.13. The number of carboxylic acids is 1. The number of nitrogens with two attached hydrogens (primary N) is 1. The van der Waals surface area contributed by atoms with E-state index >= 15 is 0 Å². The average molecular weight is 309 g/mol. The summed E-state index contributed by atoms with van der Waals surface area (Å²) < 4.78 is 0. The molecule has 21 heavy (non-hydrogen) atoms. The van der Waals surface area contributed by atoms with E-state index in [0.717, 1.165) is 0 Å². The van der Waals surface area contributed by atoms with Gasteiger partial charge in [0.15, 0.2) is 0 Å². The van der Waals surface area contributed by atoms with Crippen molar-refractivity contribution in [2.24, 2.45) is 5.73 Å². The third-order valence-corrected chi connectivity index (χ3v) is 4.36. The van der Waals surface area contributed by atoms with Crippen molar-refractivity contribution in [3.05, 3.63) is 29.8 Å². The van der Waals surface area contributed by atoms with E-state index in [4.69, 9.17) is 5.73 Å². The van der Waals surface area contributed by atoms with Crippen molar-refractivity contribution in [3.63, 3.8) is 0 Å². The van der Waals surface area contributed by atoms with E-state index < -0.39 is 18.0 Å². The predicted octanol–water partition coefficient (Wildman–Crippen LogP) is 1.17. The Labute approximate surface area is 125 Å². The zero-order valence-electron chi connectivity index (χ0n) is 11.3. The normalized spacial score (nSPS) is 21.1. The third kappa shape index (κ3) is 3.27. The summed E-state index contributed by atoms with van der Waals surface area (Å²) in [4.78, 5) is 35.7. The summed E-state index contributed by atoms with van der Waals surface area (Å²) in [5.74, 6) is -0.971. The molecule has 1 aliphatic heterocycles. The van der Waals surface area contributed by atoms with Crippen LogP contribution < -0.4 is 11.1 Å². The van der Waals surface area contributed by atoms with Crippen molar-refractivity contribution in [2.75, 3.05) is 11.1 Å². The van der Waals surface area contributed by atoms with Crippen LogP contribution in [-0.4, -0.2) is 45.1 Å². The largest absolute Gasteiger partial charge is 0.480 e. The molecule has 4 N–H and O–H groups in total. The van der Waals surface area contributed by atoms with Crippen LogP contribution in [0.25, 0.3) is 0 Å². The van der Waals surface area contributed by atoms with E-state index in [2.05, 4.69) is 5.32 Å². The van der Waals surface area contributed by atoms with Gasteiger partial charge in [0.2, 0.25) is 0 Å². The number of nitrogens with one attached hydrogen (secondary N) is 1. The maximum atomic E-state index is 12.4. The molecule has 2 unspecified atom stereocenters. The first-order valence-corrected chi connectivity index (χ1v) is 7.28. The number of carbonyl (C=O) groups excluding carboxylic acids is 2. The number of thioether (sulfide) groups is 1. The lowest BCUT2D eigenvalue weighted by Gasteiger charge is -2.25. The van der Waals surface area contributed by atoms with Crippen LogP contribution in [0.4, 0.5) is 10.5 Å². The predicted molar refractivity (Wildman–Crippen MR) is 79.2 cm³/mol. The lowest BCUT2D eigenvalue weighted by Crippen LogP contribution is -2.44. The molecule has 1 aromatic rings. The summed E-state index contributed by atoms with van der Waals surface area (Å²) in [5.41, 5.74) is 5.83. The summed E-state index contributed by atoms with van der Waals surface area (Å²) in [5, 5.41) is 11.4. The molecule has 0 bridgehead atoms. The van der Waals surface area contributed by atoms with E-state index in [-0.39, 0.29) is 11.3 Å². The molecule has 0 aliphatic carbocycles. The van der Waals surface area contributed by atoms with Gasteiger partial charge in [-0.15, -0.1) is 11.8 Å². The molecule has 1 fully saturated rings. The van der Waals surface area contributed by atoms with Crippen LogP contribution in [-0.2, 0) is 4.79 Å².